The molecule has 1 aliphatic heterocycles. The molecule has 1 aromatic heterocycles. The van der Waals surface area contributed by atoms with E-state index >= 15 is 0 Å². The minimum absolute atomic E-state index is 0.395. The largest absolute Gasteiger partial charge is 0.456 e. The Morgan fingerprint density at radius 3 is 1.86 bits per heavy atom. The molecule has 58 heavy (non-hydrogen) atoms. The van der Waals surface area contributed by atoms with Crippen LogP contribution in [0.3, 0.4) is 0 Å². The normalized spacial score (nSPS) is 20.3. The molecule has 2 heterocycles. The van der Waals surface area contributed by atoms with Gasteiger partial charge in [-0.15, -0.1) is 0 Å². The fourth-order valence-electron chi connectivity index (χ4n) is 10.5. The minimum atomic E-state index is -0.397. The number of ether oxygens (including phenoxy) is 1. The molecule has 0 bridgehead atoms. The second-order valence-corrected chi connectivity index (χ2v) is 16.2. The van der Waals surface area contributed by atoms with Gasteiger partial charge in [-0.3, -0.25) is 0 Å². The number of hydrogen-bond donors (Lipinski definition) is 0. The molecule has 0 N–H and O–H groups in total. The number of fused-ring (bicyclic) bond motifs is 7. The van der Waals surface area contributed by atoms with Gasteiger partial charge >= 0.3 is 0 Å². The molecule has 1 spiro atoms. The Kier molecular flexibility index (Phi) is 8.21. The maximum atomic E-state index is 7.21. The van der Waals surface area contributed by atoms with Crippen LogP contribution in [-0.4, -0.2) is 15.0 Å². The van der Waals surface area contributed by atoms with Crippen LogP contribution in [-0.2, 0) is 5.41 Å². The lowest BCUT2D eigenvalue weighted by molar-refractivity contribution is 0.400. The standard InChI is InChI=1S/C54H43N3O/c1-34-18-15-28-40-41-29-16-19-35(2)49(41)54(48(34)40)45-31-13-14-33-47(45)58-50-42(30-17-32-46(50)54)39-25-10-12-27-44(39)53-56-51(37-22-7-4-8-23-37)55-52(57-53)43-26-11-9-24-38(43)36-20-5-3-6-21-36/h3-15,17,20-28,30-35H,16,18-19,29H2,1-2H3. The molecule has 3 unspecified atom stereocenters. The number of rotatable bonds is 5. The van der Waals surface area contributed by atoms with Gasteiger partial charge in [0.05, 0.1) is 5.41 Å². The van der Waals surface area contributed by atoms with Gasteiger partial charge in [0.25, 0.3) is 0 Å². The third-order valence-electron chi connectivity index (χ3n) is 12.9. The predicted octanol–water partition coefficient (Wildman–Crippen LogP) is 13.6. The van der Waals surface area contributed by atoms with E-state index in [9.17, 15) is 0 Å². The van der Waals surface area contributed by atoms with Crippen molar-refractivity contribution in [3.8, 4) is 67.9 Å². The molecule has 280 valence electrons. The van der Waals surface area contributed by atoms with Crippen molar-refractivity contribution in [2.75, 3.05) is 0 Å². The Morgan fingerprint density at radius 2 is 1.10 bits per heavy atom. The van der Waals surface area contributed by atoms with E-state index in [4.69, 9.17) is 19.7 Å². The molecule has 4 nitrogen and oxygen atoms in total. The quantitative estimate of drug-likeness (QED) is 0.176. The maximum absolute atomic E-state index is 7.21. The zero-order chi connectivity index (χ0) is 38.8. The first kappa shape index (κ1) is 34.6. The second kappa shape index (κ2) is 13.8. The van der Waals surface area contributed by atoms with Crippen LogP contribution in [0, 0.1) is 11.8 Å². The van der Waals surface area contributed by atoms with E-state index in [1.165, 1.54) is 29.5 Å². The van der Waals surface area contributed by atoms with E-state index in [0.29, 0.717) is 29.3 Å². The van der Waals surface area contributed by atoms with Gasteiger partial charge in [-0.1, -0.05) is 172 Å². The highest BCUT2D eigenvalue weighted by molar-refractivity contribution is 5.89. The van der Waals surface area contributed by atoms with Crippen molar-refractivity contribution < 1.29 is 4.74 Å². The summed E-state index contributed by atoms with van der Waals surface area (Å²) < 4.78 is 7.21. The summed E-state index contributed by atoms with van der Waals surface area (Å²) in [6, 6.07) is 53.3. The van der Waals surface area contributed by atoms with E-state index in [1.807, 2.05) is 24.3 Å². The Morgan fingerprint density at radius 1 is 0.517 bits per heavy atom. The SMILES string of the molecule is CC1CC=CC2=C1C1(C3=C2CCCC3C)c2ccccc2Oc2c(-c3ccccc3-c3nc(-c4ccccc4)nc(-c4ccccc4-c4ccccc4)n3)cccc21. The summed E-state index contributed by atoms with van der Waals surface area (Å²) in [5.74, 6) is 4.58. The highest BCUT2D eigenvalue weighted by Gasteiger charge is 2.56. The van der Waals surface area contributed by atoms with E-state index in [1.54, 1.807) is 16.7 Å². The highest BCUT2D eigenvalue weighted by Crippen LogP contribution is 2.67. The zero-order valence-electron chi connectivity index (χ0n) is 32.8. The first-order valence-electron chi connectivity index (χ1n) is 20.7. The van der Waals surface area contributed by atoms with Crippen LogP contribution in [0.5, 0.6) is 11.5 Å². The summed E-state index contributed by atoms with van der Waals surface area (Å²) in [7, 11) is 0. The first-order valence-corrected chi connectivity index (χ1v) is 20.7. The Hall–Kier alpha value is -6.65. The molecule has 4 aliphatic rings. The molecular weight excluding hydrogens is 707 g/mol. The van der Waals surface area contributed by atoms with Crippen molar-refractivity contribution in [1.82, 2.24) is 15.0 Å². The van der Waals surface area contributed by atoms with E-state index in [0.717, 1.165) is 63.3 Å². The van der Waals surface area contributed by atoms with Gasteiger partial charge in [-0.2, -0.15) is 0 Å². The topological polar surface area (TPSA) is 47.9 Å². The summed E-state index contributed by atoms with van der Waals surface area (Å²) in [6.45, 7) is 4.89. The predicted molar refractivity (Wildman–Crippen MR) is 234 cm³/mol. The summed E-state index contributed by atoms with van der Waals surface area (Å²) in [5, 5.41) is 0. The second-order valence-electron chi connectivity index (χ2n) is 16.2. The monoisotopic (exact) mass is 749 g/mol. The zero-order valence-corrected chi connectivity index (χ0v) is 32.8. The molecular formula is C54H43N3O. The molecule has 0 saturated carbocycles. The van der Waals surface area contributed by atoms with Crippen molar-refractivity contribution in [2.24, 2.45) is 11.8 Å². The molecule has 0 radical (unpaired) electrons. The van der Waals surface area contributed by atoms with Crippen LogP contribution in [0.25, 0.3) is 56.4 Å². The summed E-state index contributed by atoms with van der Waals surface area (Å²) in [5.41, 5.74) is 15.3. The van der Waals surface area contributed by atoms with Gasteiger partial charge in [0.2, 0.25) is 0 Å². The van der Waals surface area contributed by atoms with Crippen molar-refractivity contribution in [2.45, 2.75) is 44.9 Å². The van der Waals surface area contributed by atoms with Gasteiger partial charge in [0, 0.05) is 33.4 Å². The third-order valence-corrected chi connectivity index (χ3v) is 12.9. The lowest BCUT2D eigenvalue weighted by atomic mass is 9.58. The lowest BCUT2D eigenvalue weighted by Gasteiger charge is -2.46. The molecule has 0 saturated heterocycles. The van der Waals surface area contributed by atoms with Gasteiger partial charge in [0.15, 0.2) is 17.5 Å². The van der Waals surface area contributed by atoms with Gasteiger partial charge in [-0.05, 0) is 82.6 Å². The lowest BCUT2D eigenvalue weighted by Crippen LogP contribution is -2.39. The van der Waals surface area contributed by atoms with Gasteiger partial charge < -0.3 is 4.74 Å². The van der Waals surface area contributed by atoms with Crippen molar-refractivity contribution >= 4 is 0 Å². The van der Waals surface area contributed by atoms with E-state index in [2.05, 4.69) is 153 Å². The highest BCUT2D eigenvalue weighted by atomic mass is 16.5. The van der Waals surface area contributed by atoms with Crippen LogP contribution >= 0.6 is 0 Å². The average Bonchev–Trinajstić information content (AvgIpc) is 3.59. The minimum Gasteiger partial charge on any atom is -0.456 e. The van der Waals surface area contributed by atoms with E-state index in [-0.39, 0.29) is 0 Å². The first-order chi connectivity index (χ1) is 28.6. The number of allylic oxidation sites excluding steroid dienone is 6. The molecule has 3 aliphatic carbocycles. The Bertz CT molecular complexity index is 2850. The third kappa shape index (κ3) is 5.24. The molecule has 7 aromatic rings. The summed E-state index contributed by atoms with van der Waals surface area (Å²) in [4.78, 5) is 15.7. The molecule has 0 amide bonds. The summed E-state index contributed by atoms with van der Waals surface area (Å²) in [6.07, 6.45) is 9.41. The van der Waals surface area contributed by atoms with Crippen molar-refractivity contribution in [3.63, 3.8) is 0 Å². The average molecular weight is 750 g/mol. The Labute approximate surface area is 340 Å². The number of hydrogen-bond acceptors (Lipinski definition) is 4. The molecule has 0 fully saturated rings. The number of nitrogens with zero attached hydrogens (tertiary/aromatic N) is 3. The van der Waals surface area contributed by atoms with Crippen molar-refractivity contribution in [1.29, 1.82) is 0 Å². The van der Waals surface area contributed by atoms with Crippen molar-refractivity contribution in [3.05, 3.63) is 197 Å². The number of benzene rings is 6. The van der Waals surface area contributed by atoms with Crippen LogP contribution in [0.15, 0.2) is 186 Å². The van der Waals surface area contributed by atoms with Gasteiger partial charge in [-0.25, -0.2) is 15.0 Å². The van der Waals surface area contributed by atoms with Crippen LogP contribution < -0.4 is 4.74 Å². The fraction of sp³-hybridized carbons (Fsp3) is 0.167. The fourth-order valence-corrected chi connectivity index (χ4v) is 10.5. The van der Waals surface area contributed by atoms with E-state index < -0.39 is 5.41 Å². The van der Waals surface area contributed by atoms with Crippen LogP contribution in [0.4, 0.5) is 0 Å². The Balaban J connectivity index is 1.15. The molecule has 4 heteroatoms. The van der Waals surface area contributed by atoms with Gasteiger partial charge in [0.1, 0.15) is 11.5 Å². The molecule has 3 atom stereocenters. The summed E-state index contributed by atoms with van der Waals surface area (Å²) >= 11 is 0. The smallest absolute Gasteiger partial charge is 0.164 e. The van der Waals surface area contributed by atoms with Crippen LogP contribution in [0.1, 0.15) is 50.7 Å². The van der Waals surface area contributed by atoms with Crippen LogP contribution in [0.2, 0.25) is 0 Å². The molecule has 6 aromatic carbocycles. The number of para-hydroxylation sites is 2. The maximum Gasteiger partial charge on any atom is 0.164 e. The molecule has 11 rings (SSSR count). The number of aromatic nitrogens is 3.